The number of fused-ring (bicyclic) bond motifs is 3. The van der Waals surface area contributed by atoms with Gasteiger partial charge in [0.1, 0.15) is 16.6 Å². The van der Waals surface area contributed by atoms with Crippen molar-refractivity contribution in [3.8, 4) is 0 Å². The molecule has 19 nitrogen and oxygen atoms in total. The molecule has 0 aromatic carbocycles. The maximum Gasteiger partial charge on any atom is 1.00 e. The molecule has 0 spiro atoms. The van der Waals surface area contributed by atoms with Crippen LogP contribution in [0.5, 0.6) is 0 Å². The summed E-state index contributed by atoms with van der Waals surface area (Å²) in [5.74, 6) is 0.133. The van der Waals surface area contributed by atoms with Crippen molar-refractivity contribution in [2.75, 3.05) is 23.4 Å². The molecule has 26 heteroatoms. The molecule has 0 saturated heterocycles. The molecule has 0 atom stereocenters. The molecule has 5 N–H and O–H groups in total. The zero-order chi connectivity index (χ0) is 41.5. The number of esters is 1. The molecule has 0 aliphatic carbocycles. The minimum Gasteiger partial charge on any atom is -1.00 e. The Labute approximate surface area is 491 Å². The number of alkyl halides is 1. The van der Waals surface area contributed by atoms with Gasteiger partial charge in [-0.3, -0.25) is 9.59 Å². The van der Waals surface area contributed by atoms with E-state index in [9.17, 15) is 4.79 Å². The summed E-state index contributed by atoms with van der Waals surface area (Å²) in [4.78, 5) is 60.6. The van der Waals surface area contributed by atoms with Gasteiger partial charge in [0.05, 0.1) is 25.6 Å². The fraction of sp³-hybridized carbons (Fsp3) is 0.469. The number of imidazole rings is 3. The van der Waals surface area contributed by atoms with Crippen LogP contribution in [0.25, 0.3) is 33.5 Å². The predicted octanol–water partition coefficient (Wildman–Crippen LogP) is 0.395. The van der Waals surface area contributed by atoms with Crippen molar-refractivity contribution in [2.45, 2.75) is 85.2 Å². The molecular weight excluding hydrogens is 1240 g/mol. The smallest absolute Gasteiger partial charge is 1.00 e. The van der Waals surface area contributed by atoms with Crippen molar-refractivity contribution in [3.05, 3.63) is 38.3 Å². The zero-order valence-corrected chi connectivity index (χ0v) is 51.4. The number of hydrogen-bond acceptors (Lipinski definition) is 16. The number of H-pyrrole nitrogens is 1. The number of rotatable bonds is 13. The van der Waals surface area contributed by atoms with Crippen LogP contribution in [0, 0.1) is 3.83 Å². The number of unbranched alkanes of at least 4 members (excludes halogenated alkanes) is 5. The van der Waals surface area contributed by atoms with Crippen LogP contribution in [-0.4, -0.2) is 83.4 Å². The van der Waals surface area contributed by atoms with Gasteiger partial charge in [-0.2, -0.15) is 19.9 Å². The average molecular weight is 1280 g/mol. The van der Waals surface area contributed by atoms with Crippen molar-refractivity contribution < 1.29 is 164 Å². The van der Waals surface area contributed by atoms with Crippen LogP contribution in [-0.2, 0) is 32.3 Å². The summed E-state index contributed by atoms with van der Waals surface area (Å²) in [6.07, 6.45) is 14.1. The van der Waals surface area contributed by atoms with E-state index in [1.54, 1.807) is 12.7 Å². The van der Waals surface area contributed by atoms with E-state index >= 15 is 0 Å². The third-order valence-corrected chi connectivity index (χ3v) is 8.81. The first-order valence-electron chi connectivity index (χ1n) is 17.1. The normalized spacial score (nSPS) is 9.95. The van der Waals surface area contributed by atoms with Gasteiger partial charge in [0.15, 0.2) is 36.2 Å². The van der Waals surface area contributed by atoms with E-state index < -0.39 is 0 Å². The topological polar surface area (TPSA) is 269 Å². The van der Waals surface area contributed by atoms with Gasteiger partial charge >= 0.3 is 144 Å². The van der Waals surface area contributed by atoms with E-state index in [0.717, 1.165) is 49.8 Å². The minimum absolute atomic E-state index is 0. The van der Waals surface area contributed by atoms with Gasteiger partial charge in [-0.05, 0) is 25.7 Å². The first-order chi connectivity index (χ1) is 26.9. The average Bonchev–Trinajstić information content (AvgIpc) is 3.91. The number of halogens is 5. The summed E-state index contributed by atoms with van der Waals surface area (Å²) in [5, 5.41) is 10.5. The molecule has 58 heavy (non-hydrogen) atoms. The molecule has 6 aromatic rings. The van der Waals surface area contributed by atoms with Gasteiger partial charge in [0.2, 0.25) is 11.9 Å². The van der Waals surface area contributed by atoms with Gasteiger partial charge in [0.25, 0.3) is 6.47 Å². The molecule has 0 aliphatic heterocycles. The van der Waals surface area contributed by atoms with E-state index in [2.05, 4.69) is 112 Å². The number of aryl methyl sites for hydroxylation is 2. The van der Waals surface area contributed by atoms with Crippen LogP contribution in [0.2, 0.25) is 15.5 Å². The molecule has 6 heterocycles. The number of nitrogen functional groups attached to an aromatic ring is 2. The Morgan fingerprint density at radius 1 is 0.845 bits per heavy atom. The molecule has 0 amide bonds. The first-order valence-corrected chi connectivity index (χ1v) is 20.4. The third-order valence-electron chi connectivity index (χ3n) is 6.97. The Morgan fingerprint density at radius 2 is 1.36 bits per heavy atom. The number of aromatic amines is 1. The monoisotopic (exact) mass is 1280 g/mol. The fourth-order valence-electron chi connectivity index (χ4n) is 4.43. The number of carbonyl (C=O) groups is 2. The molecule has 0 saturated carbocycles. The molecule has 0 bridgehead atoms. The van der Waals surface area contributed by atoms with Crippen LogP contribution < -0.4 is 155 Å². The molecule has 6 rings (SSSR count). The standard InChI is InChI=1S/C10H12ClIN4.C10H14ClN5.C6H11BrO2.C5H4ClN5.CH2O3.2Cs.H/c2*1-2-3-4-5-16-6-13-7-8(11)14-10(12)15-9(7)16;1-6(8)9-5-3-2-4-7;6-3-2-4(9-1-8-2)11-5(7)10-3;2-1-4-3;;;/h6H,2-5H2,1H3;6H,2-5H2,1H3,(H2,12,14,15);2-5H2,1H3;1H,(H3,7,8,9,10,11);1,3H;;;/q;;;;;2*+1;-1/p-1. The van der Waals surface area contributed by atoms with E-state index in [4.69, 9.17) is 56.3 Å². The van der Waals surface area contributed by atoms with Crippen LogP contribution in [0.15, 0.2) is 19.0 Å². The van der Waals surface area contributed by atoms with Gasteiger partial charge in [-0.15, -0.1) is 0 Å². The summed E-state index contributed by atoms with van der Waals surface area (Å²) < 4.78 is 9.35. The Hall–Kier alpha value is 0.334. The number of aromatic nitrogens is 12. The first kappa shape index (κ1) is 58.3. The summed E-state index contributed by atoms with van der Waals surface area (Å²) in [5.41, 5.74) is 14.8. The van der Waals surface area contributed by atoms with Crippen molar-refractivity contribution in [2.24, 2.45) is 0 Å². The molecule has 0 unspecified atom stereocenters. The minimum atomic E-state index is -0.190. The number of nitrogens with zero attached hydrogens (tertiary/aromatic N) is 11. The van der Waals surface area contributed by atoms with Gasteiger partial charge in [0, 0.05) is 47.9 Å². The maximum atomic E-state index is 10.2. The van der Waals surface area contributed by atoms with Crippen LogP contribution in [0.1, 0.15) is 73.6 Å². The van der Waals surface area contributed by atoms with Crippen molar-refractivity contribution >= 4 is 131 Å². The van der Waals surface area contributed by atoms with Crippen LogP contribution in [0.4, 0.5) is 11.9 Å². The Morgan fingerprint density at radius 3 is 1.88 bits per heavy atom. The van der Waals surface area contributed by atoms with Crippen molar-refractivity contribution in [1.82, 2.24) is 59.0 Å². The van der Waals surface area contributed by atoms with E-state index in [1.807, 2.05) is 9.13 Å². The number of anilines is 2. The van der Waals surface area contributed by atoms with Gasteiger partial charge < -0.3 is 41.9 Å². The van der Waals surface area contributed by atoms with E-state index in [1.165, 1.54) is 38.9 Å². The molecule has 6 aromatic heterocycles. The largest absolute Gasteiger partial charge is 1.00 e. The number of ether oxygens (including phenoxy) is 1. The number of carbonyl (C=O) groups excluding carboxylic acids is 2. The van der Waals surface area contributed by atoms with Crippen LogP contribution in [0.3, 0.4) is 0 Å². The fourth-order valence-corrected chi connectivity index (χ4v) is 6.10. The number of nitrogens with one attached hydrogen (secondary N) is 1. The van der Waals surface area contributed by atoms with Crippen molar-refractivity contribution in [1.29, 1.82) is 0 Å². The second-order valence-corrected chi connectivity index (χ2v) is 14.0. The van der Waals surface area contributed by atoms with Crippen molar-refractivity contribution in [3.63, 3.8) is 0 Å². The SMILES string of the molecule is CC(=O)OCCCCBr.CCCCCn1cnc2c(Cl)nc(I)nc21.CCCCCn1cnc2c(Cl)nc(N)nc21.Nc1nc(Cl)c2[nH]cnc2n1.O=CO[O-].[Cs+].[Cs+].[H-]. The summed E-state index contributed by atoms with van der Waals surface area (Å²) in [6.45, 7) is 7.98. The molecular formula is C32H43BrCl3Cs2IN14O5. The second kappa shape index (κ2) is 33.8. The van der Waals surface area contributed by atoms with Gasteiger partial charge in [-0.25, -0.2) is 24.9 Å². The summed E-state index contributed by atoms with van der Waals surface area (Å²) in [7, 11) is 0. The Kier molecular flexibility index (Phi) is 34.0. The summed E-state index contributed by atoms with van der Waals surface area (Å²) >= 11 is 23.0. The molecule has 0 radical (unpaired) electrons. The molecule has 308 valence electrons. The molecule has 0 aliphatic rings. The van der Waals surface area contributed by atoms with Gasteiger partial charge in [-0.1, -0.05) is 90.3 Å². The second-order valence-electron chi connectivity index (χ2n) is 11.2. The van der Waals surface area contributed by atoms with E-state index in [-0.39, 0.29) is 164 Å². The number of nitrogens with two attached hydrogens (primary N) is 2. The quantitative estimate of drug-likeness (QED) is 0.0163. The zero-order valence-electron chi connectivity index (χ0n) is 33.8. The van der Waals surface area contributed by atoms with Crippen LogP contribution >= 0.6 is 73.3 Å². The number of hydrogen-bond donors (Lipinski definition) is 3. The predicted molar refractivity (Wildman–Crippen MR) is 226 cm³/mol. The molecule has 0 fully saturated rings. The Balaban J connectivity index is 0. The maximum absolute atomic E-state index is 10.2. The summed E-state index contributed by atoms with van der Waals surface area (Å²) in [6, 6.07) is 0. The van der Waals surface area contributed by atoms with E-state index in [0.29, 0.717) is 53.7 Å². The third kappa shape index (κ3) is 21.6. The Bertz CT molecular complexity index is 2020.